The predicted octanol–water partition coefficient (Wildman–Crippen LogP) is 5.14. The van der Waals surface area contributed by atoms with E-state index in [2.05, 4.69) is 10.1 Å². The van der Waals surface area contributed by atoms with Gasteiger partial charge >= 0.3 is 0 Å². The number of rotatable bonds is 10. The standard InChI is InChI=1S/C26H26F3N5O2/c1-16(36-15-17-4-7-22(35-3)8-5-17)23-10-18(27)6-9-25(23)32-19(13-24(31)26(28)29)11-21-12-20(14-30)33-34(21)2/h4-10,12-13,16,26H,11,15,31H2,1-3H3/t16-/m1/s1. The van der Waals surface area contributed by atoms with Gasteiger partial charge in [0.05, 0.1) is 31.2 Å². The molecular weight excluding hydrogens is 471 g/mol. The first-order valence-corrected chi connectivity index (χ1v) is 11.0. The van der Waals surface area contributed by atoms with Gasteiger partial charge in [-0.15, -0.1) is 0 Å². The molecular formula is C26H26F3N5O2. The molecule has 0 saturated carbocycles. The Morgan fingerprint density at radius 2 is 1.94 bits per heavy atom. The Labute approximate surface area is 207 Å². The van der Waals surface area contributed by atoms with E-state index in [1.54, 1.807) is 21.1 Å². The first kappa shape index (κ1) is 26.5. The molecule has 1 atom stereocenters. The number of benzene rings is 2. The third-order valence-corrected chi connectivity index (χ3v) is 5.39. The number of nitrogens with two attached hydrogens (primary N) is 1. The second kappa shape index (κ2) is 12.0. The van der Waals surface area contributed by atoms with Gasteiger partial charge in [0.25, 0.3) is 6.43 Å². The second-order valence-electron chi connectivity index (χ2n) is 7.99. The molecule has 7 nitrogen and oxygen atoms in total. The van der Waals surface area contributed by atoms with Crippen molar-refractivity contribution in [3.8, 4) is 11.8 Å². The predicted molar refractivity (Wildman–Crippen MR) is 130 cm³/mol. The van der Waals surface area contributed by atoms with Crippen molar-refractivity contribution in [2.45, 2.75) is 32.5 Å². The molecule has 1 heterocycles. The summed E-state index contributed by atoms with van der Waals surface area (Å²) in [7, 11) is 3.21. The summed E-state index contributed by atoms with van der Waals surface area (Å²) in [5.41, 5.74) is 7.46. The van der Waals surface area contributed by atoms with Crippen LogP contribution in [-0.2, 0) is 24.8 Å². The van der Waals surface area contributed by atoms with E-state index >= 15 is 0 Å². The van der Waals surface area contributed by atoms with Crippen LogP contribution < -0.4 is 10.5 Å². The number of alkyl halides is 2. The van der Waals surface area contributed by atoms with Crippen molar-refractivity contribution in [2.75, 3.05) is 7.11 Å². The number of methoxy groups -OCH3 is 1. The van der Waals surface area contributed by atoms with Gasteiger partial charge in [-0.05, 0) is 55.0 Å². The van der Waals surface area contributed by atoms with Crippen molar-refractivity contribution in [3.05, 3.63) is 88.6 Å². The van der Waals surface area contributed by atoms with Gasteiger partial charge in [-0.25, -0.2) is 13.2 Å². The fourth-order valence-corrected chi connectivity index (χ4v) is 3.43. The summed E-state index contributed by atoms with van der Waals surface area (Å²) in [4.78, 5) is 4.53. The van der Waals surface area contributed by atoms with Crippen molar-refractivity contribution in [3.63, 3.8) is 0 Å². The van der Waals surface area contributed by atoms with E-state index in [4.69, 9.17) is 20.5 Å². The number of hydrogen-bond donors (Lipinski definition) is 1. The van der Waals surface area contributed by atoms with Gasteiger partial charge in [0, 0.05) is 30.4 Å². The maximum absolute atomic E-state index is 14.2. The molecule has 10 heteroatoms. The van der Waals surface area contributed by atoms with Crippen molar-refractivity contribution in [2.24, 2.45) is 17.8 Å². The summed E-state index contributed by atoms with van der Waals surface area (Å²) in [6.45, 7) is 2.00. The highest BCUT2D eigenvalue weighted by atomic mass is 19.3. The molecule has 2 aromatic carbocycles. The lowest BCUT2D eigenvalue weighted by Crippen LogP contribution is -2.13. The fourth-order valence-electron chi connectivity index (χ4n) is 3.43. The van der Waals surface area contributed by atoms with E-state index < -0.39 is 24.0 Å². The Kier molecular flexibility index (Phi) is 8.86. The number of hydrogen-bond acceptors (Lipinski definition) is 6. The smallest absolute Gasteiger partial charge is 0.277 e. The van der Waals surface area contributed by atoms with E-state index in [-0.39, 0.29) is 24.4 Å². The van der Waals surface area contributed by atoms with Gasteiger partial charge < -0.3 is 15.2 Å². The minimum atomic E-state index is -2.88. The molecule has 0 aliphatic heterocycles. The lowest BCUT2D eigenvalue weighted by Gasteiger charge is -2.17. The van der Waals surface area contributed by atoms with Gasteiger partial charge in [-0.2, -0.15) is 10.4 Å². The first-order valence-electron chi connectivity index (χ1n) is 11.0. The molecule has 0 spiro atoms. The molecule has 188 valence electrons. The van der Waals surface area contributed by atoms with Crippen LogP contribution in [0.5, 0.6) is 5.75 Å². The normalized spacial score (nSPS) is 13.1. The molecule has 2 N–H and O–H groups in total. The summed E-state index contributed by atoms with van der Waals surface area (Å²) in [5, 5.41) is 13.2. The van der Waals surface area contributed by atoms with E-state index in [9.17, 15) is 13.2 Å². The highest BCUT2D eigenvalue weighted by Crippen LogP contribution is 2.30. The SMILES string of the molecule is COc1ccc(CO[C@H](C)c2cc(F)ccc2N=C(C=C(N)C(F)F)Cc2cc(C#N)nn2C)cc1. The zero-order chi connectivity index (χ0) is 26.2. The maximum atomic E-state index is 14.2. The molecule has 0 bridgehead atoms. The summed E-state index contributed by atoms with van der Waals surface area (Å²) >= 11 is 0. The van der Waals surface area contributed by atoms with Gasteiger partial charge in [-0.3, -0.25) is 9.67 Å². The third-order valence-electron chi connectivity index (χ3n) is 5.39. The molecule has 3 rings (SSSR count). The summed E-state index contributed by atoms with van der Waals surface area (Å²) in [6, 6.07) is 14.8. The van der Waals surface area contributed by atoms with Crippen LogP contribution in [0, 0.1) is 17.1 Å². The van der Waals surface area contributed by atoms with Crippen LogP contribution in [-0.4, -0.2) is 29.0 Å². The van der Waals surface area contributed by atoms with Gasteiger partial charge in [0.15, 0.2) is 5.69 Å². The van der Waals surface area contributed by atoms with Crippen LogP contribution in [0.4, 0.5) is 18.9 Å². The third kappa shape index (κ3) is 6.96. The Morgan fingerprint density at radius 3 is 2.56 bits per heavy atom. The van der Waals surface area contributed by atoms with Crippen LogP contribution >= 0.6 is 0 Å². The molecule has 0 saturated heterocycles. The molecule has 0 aliphatic carbocycles. The van der Waals surface area contributed by atoms with E-state index in [1.165, 1.54) is 28.9 Å². The minimum Gasteiger partial charge on any atom is -0.497 e. The number of nitrogens with zero attached hydrogens (tertiary/aromatic N) is 4. The van der Waals surface area contributed by atoms with Crippen LogP contribution in [0.2, 0.25) is 0 Å². The van der Waals surface area contributed by atoms with Crippen molar-refractivity contribution < 1.29 is 22.6 Å². The number of aryl methyl sites for hydroxylation is 1. The molecule has 0 fully saturated rings. The molecule has 36 heavy (non-hydrogen) atoms. The molecule has 1 aromatic heterocycles. The molecule has 3 aromatic rings. The van der Waals surface area contributed by atoms with Gasteiger partial charge in [0.2, 0.25) is 0 Å². The average Bonchev–Trinajstić information content (AvgIpc) is 3.22. The fraction of sp³-hybridized carbons (Fsp3) is 0.269. The maximum Gasteiger partial charge on any atom is 0.277 e. The zero-order valence-corrected chi connectivity index (χ0v) is 20.1. The second-order valence-corrected chi connectivity index (χ2v) is 7.99. The van der Waals surface area contributed by atoms with Crippen LogP contribution in [0.1, 0.15) is 35.5 Å². The number of allylic oxidation sites excluding steroid dienone is 2. The highest BCUT2D eigenvalue weighted by molar-refractivity contribution is 5.98. The van der Waals surface area contributed by atoms with E-state index in [1.807, 2.05) is 30.3 Å². The largest absolute Gasteiger partial charge is 0.497 e. The molecule has 0 aliphatic rings. The van der Waals surface area contributed by atoms with Crippen LogP contribution in [0.3, 0.4) is 0 Å². The number of ether oxygens (including phenoxy) is 2. The topological polar surface area (TPSA) is 98.4 Å². The Bertz CT molecular complexity index is 1290. The summed E-state index contributed by atoms with van der Waals surface area (Å²) < 4.78 is 53.1. The Hall–Kier alpha value is -4.10. The minimum absolute atomic E-state index is 0.0660. The number of halogens is 3. The van der Waals surface area contributed by atoms with Crippen LogP contribution in [0.25, 0.3) is 0 Å². The van der Waals surface area contributed by atoms with Gasteiger partial charge in [0.1, 0.15) is 17.6 Å². The first-order chi connectivity index (χ1) is 17.2. The van der Waals surface area contributed by atoms with Crippen LogP contribution in [0.15, 0.2) is 65.3 Å². The zero-order valence-electron chi connectivity index (χ0n) is 20.1. The monoisotopic (exact) mass is 497 g/mol. The highest BCUT2D eigenvalue weighted by Gasteiger charge is 2.16. The molecule has 0 amide bonds. The van der Waals surface area contributed by atoms with Gasteiger partial charge in [-0.1, -0.05) is 12.1 Å². The Morgan fingerprint density at radius 1 is 1.22 bits per heavy atom. The number of nitriles is 1. The number of aromatic nitrogens is 2. The quantitative estimate of drug-likeness (QED) is 0.391. The van der Waals surface area contributed by atoms with Crippen molar-refractivity contribution in [1.82, 2.24) is 9.78 Å². The summed E-state index contributed by atoms with van der Waals surface area (Å²) in [5.74, 6) is 0.228. The average molecular weight is 498 g/mol. The van der Waals surface area contributed by atoms with E-state index in [0.29, 0.717) is 22.7 Å². The Balaban J connectivity index is 1.93. The number of aliphatic imine (C=N–C) groups is 1. The summed E-state index contributed by atoms with van der Waals surface area (Å²) in [6.07, 6.45) is -2.30. The lowest BCUT2D eigenvalue weighted by molar-refractivity contribution is 0.0527. The molecule has 0 unspecified atom stereocenters. The van der Waals surface area contributed by atoms with Crippen molar-refractivity contribution >= 4 is 11.4 Å². The van der Waals surface area contributed by atoms with E-state index in [0.717, 1.165) is 11.6 Å². The lowest BCUT2D eigenvalue weighted by atomic mass is 10.1. The van der Waals surface area contributed by atoms with Crippen molar-refractivity contribution in [1.29, 1.82) is 5.26 Å². The molecule has 0 radical (unpaired) electrons.